The molecule has 0 aliphatic heterocycles. The second-order valence-corrected chi connectivity index (χ2v) is 5.77. The molecule has 0 unspecified atom stereocenters. The van der Waals surface area contributed by atoms with Crippen molar-refractivity contribution >= 4 is 33.7 Å². The third-order valence-corrected chi connectivity index (χ3v) is 4.29. The van der Waals surface area contributed by atoms with Crippen LogP contribution in [0.5, 0.6) is 0 Å². The van der Waals surface area contributed by atoms with Crippen molar-refractivity contribution in [3.63, 3.8) is 0 Å². The van der Waals surface area contributed by atoms with Crippen molar-refractivity contribution in [1.82, 2.24) is 0 Å². The predicted molar refractivity (Wildman–Crippen MR) is 102 cm³/mol. The van der Waals surface area contributed by atoms with Gasteiger partial charge in [0.05, 0.1) is 5.56 Å². The molecule has 0 saturated carbocycles. The van der Waals surface area contributed by atoms with Crippen LogP contribution in [-0.2, 0) is 0 Å². The van der Waals surface area contributed by atoms with Gasteiger partial charge in [0.15, 0.2) is 0 Å². The van der Waals surface area contributed by atoms with Gasteiger partial charge in [0.2, 0.25) is 0 Å². The average molecular weight is 305 g/mol. The van der Waals surface area contributed by atoms with Crippen LogP contribution in [-0.4, -0.2) is 0 Å². The van der Waals surface area contributed by atoms with Crippen LogP contribution in [0.4, 0.5) is 0 Å². The molecule has 0 radical (unpaired) electrons. The van der Waals surface area contributed by atoms with E-state index in [2.05, 4.69) is 54.6 Å². The van der Waals surface area contributed by atoms with E-state index in [1.54, 1.807) is 0 Å². The lowest BCUT2D eigenvalue weighted by Gasteiger charge is -2.09. The number of benzene rings is 4. The average Bonchev–Trinajstić information content (AvgIpc) is 2.65. The van der Waals surface area contributed by atoms with Crippen molar-refractivity contribution in [3.8, 4) is 6.07 Å². The highest BCUT2D eigenvalue weighted by molar-refractivity contribution is 6.07. The first-order valence-corrected chi connectivity index (χ1v) is 7.94. The molecule has 0 spiro atoms. The van der Waals surface area contributed by atoms with Crippen LogP contribution < -0.4 is 0 Å². The molecule has 0 fully saturated rings. The molecule has 24 heavy (non-hydrogen) atoms. The van der Waals surface area contributed by atoms with Crippen LogP contribution in [0.1, 0.15) is 16.7 Å². The molecule has 4 aromatic carbocycles. The highest BCUT2D eigenvalue weighted by Gasteiger charge is 2.09. The SMILES string of the molecule is N#Cc1c2ccccc2cc2cccc(C=Cc3ccccc3)c12. The molecule has 0 heterocycles. The summed E-state index contributed by atoms with van der Waals surface area (Å²) in [6.45, 7) is 0. The topological polar surface area (TPSA) is 23.8 Å². The van der Waals surface area contributed by atoms with Gasteiger partial charge in [-0.25, -0.2) is 0 Å². The first-order valence-electron chi connectivity index (χ1n) is 7.94. The van der Waals surface area contributed by atoms with Crippen LogP contribution in [0.15, 0.2) is 78.9 Å². The Kier molecular flexibility index (Phi) is 3.57. The zero-order chi connectivity index (χ0) is 16.4. The summed E-state index contributed by atoms with van der Waals surface area (Å²) in [4.78, 5) is 0. The van der Waals surface area contributed by atoms with Crippen molar-refractivity contribution in [2.75, 3.05) is 0 Å². The maximum atomic E-state index is 9.77. The lowest BCUT2D eigenvalue weighted by molar-refractivity contribution is 1.51. The maximum Gasteiger partial charge on any atom is 0.100 e. The van der Waals surface area contributed by atoms with Crippen LogP contribution in [0.2, 0.25) is 0 Å². The van der Waals surface area contributed by atoms with E-state index in [1.807, 2.05) is 42.5 Å². The standard InChI is InChI=1S/C23H15N/c24-16-22-21-12-5-4-9-19(21)15-20-11-6-10-18(23(20)22)14-13-17-7-2-1-3-8-17/h1-15H. The van der Waals surface area contributed by atoms with Crippen molar-refractivity contribution < 1.29 is 0 Å². The van der Waals surface area contributed by atoms with Crippen LogP contribution in [0.25, 0.3) is 33.7 Å². The molecular weight excluding hydrogens is 290 g/mol. The lowest BCUT2D eigenvalue weighted by atomic mass is 9.94. The van der Waals surface area contributed by atoms with Gasteiger partial charge < -0.3 is 0 Å². The Bertz CT molecular complexity index is 1100. The van der Waals surface area contributed by atoms with Gasteiger partial charge in [0.1, 0.15) is 6.07 Å². The summed E-state index contributed by atoms with van der Waals surface area (Å²) in [5, 5.41) is 14.0. The minimum atomic E-state index is 0.747. The fraction of sp³-hybridized carbons (Fsp3) is 0. The van der Waals surface area contributed by atoms with E-state index in [4.69, 9.17) is 0 Å². The lowest BCUT2D eigenvalue weighted by Crippen LogP contribution is -1.87. The zero-order valence-corrected chi connectivity index (χ0v) is 13.1. The Labute approximate surface area is 141 Å². The number of nitriles is 1. The Balaban J connectivity index is 1.98. The first kappa shape index (κ1) is 14.2. The fourth-order valence-electron chi connectivity index (χ4n) is 3.16. The van der Waals surface area contributed by atoms with E-state index in [1.165, 1.54) is 0 Å². The van der Waals surface area contributed by atoms with E-state index in [0.717, 1.165) is 38.2 Å². The van der Waals surface area contributed by atoms with Gasteiger partial charge in [-0.3, -0.25) is 0 Å². The zero-order valence-electron chi connectivity index (χ0n) is 13.1. The highest BCUT2D eigenvalue weighted by Crippen LogP contribution is 2.31. The summed E-state index contributed by atoms with van der Waals surface area (Å²) in [7, 11) is 0. The molecule has 4 aromatic rings. The largest absolute Gasteiger partial charge is 0.192 e. The molecule has 0 atom stereocenters. The molecule has 0 aromatic heterocycles. The number of hydrogen-bond donors (Lipinski definition) is 0. The number of rotatable bonds is 2. The number of hydrogen-bond acceptors (Lipinski definition) is 1. The van der Waals surface area contributed by atoms with Crippen molar-refractivity contribution in [1.29, 1.82) is 5.26 Å². The van der Waals surface area contributed by atoms with Crippen LogP contribution >= 0.6 is 0 Å². The second kappa shape index (κ2) is 6.02. The number of nitrogens with zero attached hydrogens (tertiary/aromatic N) is 1. The van der Waals surface area contributed by atoms with E-state index in [9.17, 15) is 5.26 Å². The number of fused-ring (bicyclic) bond motifs is 2. The maximum absolute atomic E-state index is 9.77. The Morgan fingerprint density at radius 2 is 1.46 bits per heavy atom. The molecule has 0 aliphatic carbocycles. The van der Waals surface area contributed by atoms with Crippen molar-refractivity contribution in [2.45, 2.75) is 0 Å². The highest BCUT2D eigenvalue weighted by atomic mass is 14.3. The van der Waals surface area contributed by atoms with E-state index >= 15 is 0 Å². The van der Waals surface area contributed by atoms with Gasteiger partial charge in [0, 0.05) is 10.8 Å². The minimum absolute atomic E-state index is 0.747. The molecule has 0 bridgehead atoms. The summed E-state index contributed by atoms with van der Waals surface area (Å²) >= 11 is 0. The van der Waals surface area contributed by atoms with Crippen LogP contribution in [0, 0.1) is 11.3 Å². The Morgan fingerprint density at radius 3 is 2.29 bits per heavy atom. The molecule has 4 rings (SSSR count). The summed E-state index contributed by atoms with van der Waals surface area (Å²) in [5.74, 6) is 0. The molecule has 1 heteroatoms. The van der Waals surface area contributed by atoms with E-state index in [-0.39, 0.29) is 0 Å². The van der Waals surface area contributed by atoms with Gasteiger partial charge in [0.25, 0.3) is 0 Å². The van der Waals surface area contributed by atoms with E-state index < -0.39 is 0 Å². The predicted octanol–water partition coefficient (Wildman–Crippen LogP) is 6.04. The van der Waals surface area contributed by atoms with Gasteiger partial charge in [-0.15, -0.1) is 0 Å². The van der Waals surface area contributed by atoms with Crippen molar-refractivity contribution in [3.05, 3.63) is 95.6 Å². The molecule has 0 N–H and O–H groups in total. The van der Waals surface area contributed by atoms with Gasteiger partial charge in [-0.05, 0) is 28.0 Å². The minimum Gasteiger partial charge on any atom is -0.192 e. The Morgan fingerprint density at radius 1 is 0.708 bits per heavy atom. The molecule has 0 amide bonds. The summed E-state index contributed by atoms with van der Waals surface area (Å²) in [6.07, 6.45) is 4.18. The fourth-order valence-corrected chi connectivity index (χ4v) is 3.16. The summed E-state index contributed by atoms with van der Waals surface area (Å²) in [6, 6.07) is 29.0. The third-order valence-electron chi connectivity index (χ3n) is 4.29. The van der Waals surface area contributed by atoms with Crippen LogP contribution in [0.3, 0.4) is 0 Å². The summed E-state index contributed by atoms with van der Waals surface area (Å²) in [5.41, 5.74) is 2.96. The molecule has 112 valence electrons. The summed E-state index contributed by atoms with van der Waals surface area (Å²) < 4.78 is 0. The molecular formula is C23H15N. The second-order valence-electron chi connectivity index (χ2n) is 5.77. The Hall–Kier alpha value is -3.37. The smallest absolute Gasteiger partial charge is 0.100 e. The monoisotopic (exact) mass is 305 g/mol. The van der Waals surface area contributed by atoms with Gasteiger partial charge >= 0.3 is 0 Å². The molecule has 1 nitrogen and oxygen atoms in total. The third kappa shape index (κ3) is 2.45. The normalized spacial score (nSPS) is 11.1. The van der Waals surface area contributed by atoms with Gasteiger partial charge in [-0.2, -0.15) is 5.26 Å². The van der Waals surface area contributed by atoms with Crippen molar-refractivity contribution in [2.24, 2.45) is 0 Å². The molecule has 0 saturated heterocycles. The van der Waals surface area contributed by atoms with E-state index in [0.29, 0.717) is 0 Å². The van der Waals surface area contributed by atoms with Gasteiger partial charge in [-0.1, -0.05) is 84.9 Å². The quantitative estimate of drug-likeness (QED) is 0.327. The molecule has 0 aliphatic rings. The first-order chi connectivity index (χ1) is 11.9.